The van der Waals surface area contributed by atoms with Crippen molar-refractivity contribution in [3.63, 3.8) is 0 Å². The molecule has 1 aromatic heterocycles. The second-order valence-electron chi connectivity index (χ2n) is 4.39. The zero-order valence-corrected chi connectivity index (χ0v) is 11.7. The fourth-order valence-electron chi connectivity index (χ4n) is 1.70. The Kier molecular flexibility index (Phi) is 5.22. The van der Waals surface area contributed by atoms with Crippen LogP contribution in [0.15, 0.2) is 36.5 Å². The highest BCUT2D eigenvalue weighted by Gasteiger charge is 2.03. The first kappa shape index (κ1) is 14.9. The molecule has 2 aromatic rings. The normalized spacial score (nSPS) is 10.3. The van der Waals surface area contributed by atoms with Crippen molar-refractivity contribution in [3.05, 3.63) is 42.1 Å². The molecule has 2 rings (SSSR count). The zero-order chi connectivity index (χ0) is 15.1. The third-order valence-electron chi connectivity index (χ3n) is 2.83. The van der Waals surface area contributed by atoms with Crippen LogP contribution in [0.1, 0.15) is 5.56 Å². The first-order valence-electron chi connectivity index (χ1n) is 6.51. The number of phenols is 2. The molecule has 0 saturated carbocycles. The Bertz CT molecular complexity index is 572. The van der Waals surface area contributed by atoms with Gasteiger partial charge in [0.2, 0.25) is 5.88 Å². The molecule has 0 bridgehead atoms. The van der Waals surface area contributed by atoms with Crippen LogP contribution in [-0.2, 0) is 11.3 Å². The lowest BCUT2D eigenvalue weighted by molar-refractivity contribution is 0.144. The summed E-state index contributed by atoms with van der Waals surface area (Å²) in [7, 11) is 1.61. The minimum Gasteiger partial charge on any atom is -0.508 e. The molecule has 6 heteroatoms. The lowest BCUT2D eigenvalue weighted by Gasteiger charge is -2.09. The molecular weight excluding hydrogens is 272 g/mol. The van der Waals surface area contributed by atoms with Crippen LogP contribution in [0.25, 0.3) is 0 Å². The molecule has 0 radical (unpaired) electrons. The summed E-state index contributed by atoms with van der Waals surface area (Å²) in [5.41, 5.74) is 1.50. The van der Waals surface area contributed by atoms with E-state index in [-0.39, 0.29) is 11.5 Å². The van der Waals surface area contributed by atoms with Crippen LogP contribution < -0.4 is 10.1 Å². The number of phenolic OH excluding ortho intramolecular Hbond substituents is 2. The second-order valence-corrected chi connectivity index (χ2v) is 4.39. The molecule has 3 N–H and O–H groups in total. The van der Waals surface area contributed by atoms with Gasteiger partial charge in [-0.15, -0.1) is 0 Å². The topological polar surface area (TPSA) is 83.8 Å². The van der Waals surface area contributed by atoms with Crippen LogP contribution >= 0.6 is 0 Å². The summed E-state index contributed by atoms with van der Waals surface area (Å²) in [5.74, 6) is 0.621. The summed E-state index contributed by atoms with van der Waals surface area (Å²) in [6, 6.07) is 8.10. The maximum absolute atomic E-state index is 9.69. The minimum absolute atomic E-state index is 0.0375. The van der Waals surface area contributed by atoms with E-state index in [2.05, 4.69) is 10.3 Å². The molecule has 112 valence electrons. The Morgan fingerprint density at radius 1 is 1.14 bits per heavy atom. The van der Waals surface area contributed by atoms with Crippen LogP contribution in [0.5, 0.6) is 17.4 Å². The number of hydrogen-bond acceptors (Lipinski definition) is 6. The number of aromatic hydroxyl groups is 2. The summed E-state index contributed by atoms with van der Waals surface area (Å²) < 4.78 is 10.3. The van der Waals surface area contributed by atoms with Crippen molar-refractivity contribution in [1.82, 2.24) is 4.98 Å². The van der Waals surface area contributed by atoms with E-state index in [9.17, 15) is 10.2 Å². The molecule has 6 nitrogen and oxygen atoms in total. The van der Waals surface area contributed by atoms with Gasteiger partial charge in [-0.2, -0.15) is 0 Å². The number of nitrogens with zero attached hydrogens (tertiary/aromatic N) is 1. The van der Waals surface area contributed by atoms with Crippen LogP contribution in [0.4, 0.5) is 5.69 Å². The van der Waals surface area contributed by atoms with Gasteiger partial charge >= 0.3 is 0 Å². The number of benzene rings is 1. The smallest absolute Gasteiger partial charge is 0.213 e. The van der Waals surface area contributed by atoms with Crippen molar-refractivity contribution in [2.45, 2.75) is 6.54 Å². The number of nitrogens with one attached hydrogen (secondary N) is 1. The summed E-state index contributed by atoms with van der Waals surface area (Å²) in [6.45, 7) is 1.40. The Labute approximate surface area is 123 Å². The molecule has 0 unspecified atom stereocenters. The second kappa shape index (κ2) is 7.35. The molecule has 0 saturated heterocycles. The molecule has 1 heterocycles. The minimum atomic E-state index is 0.0375. The van der Waals surface area contributed by atoms with Crippen LogP contribution in [0.3, 0.4) is 0 Å². The summed E-state index contributed by atoms with van der Waals surface area (Å²) in [4.78, 5) is 4.16. The maximum Gasteiger partial charge on any atom is 0.213 e. The lowest BCUT2D eigenvalue weighted by Crippen LogP contribution is -2.05. The molecule has 0 amide bonds. The number of aromatic nitrogens is 1. The first-order chi connectivity index (χ1) is 10.2. The predicted octanol–water partition coefficient (Wildman–Crippen LogP) is 2.13. The Morgan fingerprint density at radius 2 is 2.00 bits per heavy atom. The molecule has 0 fully saturated rings. The van der Waals surface area contributed by atoms with Crippen LogP contribution in [0, 0.1) is 0 Å². The first-order valence-corrected chi connectivity index (χ1v) is 6.51. The van der Waals surface area contributed by atoms with Crippen molar-refractivity contribution in [2.24, 2.45) is 0 Å². The van der Waals surface area contributed by atoms with Gasteiger partial charge in [-0.1, -0.05) is 0 Å². The van der Waals surface area contributed by atoms with Gasteiger partial charge in [-0.05, 0) is 18.2 Å². The van der Waals surface area contributed by atoms with E-state index in [0.29, 0.717) is 31.2 Å². The molecule has 0 aliphatic rings. The van der Waals surface area contributed by atoms with Gasteiger partial charge in [0.1, 0.15) is 18.1 Å². The molecule has 1 aromatic carbocycles. The van der Waals surface area contributed by atoms with E-state index in [0.717, 1.165) is 5.69 Å². The van der Waals surface area contributed by atoms with Gasteiger partial charge in [0.05, 0.1) is 18.5 Å². The number of hydrogen-bond donors (Lipinski definition) is 3. The Hall–Kier alpha value is -2.47. The van der Waals surface area contributed by atoms with E-state index in [1.165, 1.54) is 12.1 Å². The third kappa shape index (κ3) is 4.54. The number of rotatable bonds is 7. The zero-order valence-electron chi connectivity index (χ0n) is 11.7. The Balaban J connectivity index is 1.88. The summed E-state index contributed by atoms with van der Waals surface area (Å²) in [5, 5.41) is 22.0. The molecule has 0 atom stereocenters. The van der Waals surface area contributed by atoms with Crippen LogP contribution in [-0.4, -0.2) is 35.5 Å². The van der Waals surface area contributed by atoms with E-state index in [1.54, 1.807) is 25.4 Å². The monoisotopic (exact) mass is 290 g/mol. The summed E-state index contributed by atoms with van der Waals surface area (Å²) in [6.07, 6.45) is 1.65. The number of anilines is 1. The highest BCUT2D eigenvalue weighted by atomic mass is 16.5. The predicted molar refractivity (Wildman–Crippen MR) is 78.7 cm³/mol. The number of ether oxygens (including phenoxy) is 2. The van der Waals surface area contributed by atoms with Gasteiger partial charge in [0.25, 0.3) is 0 Å². The molecule has 0 aliphatic carbocycles. The van der Waals surface area contributed by atoms with E-state index in [1.807, 2.05) is 6.07 Å². The van der Waals surface area contributed by atoms with Crippen molar-refractivity contribution in [1.29, 1.82) is 0 Å². The average molecular weight is 290 g/mol. The maximum atomic E-state index is 9.69. The fraction of sp³-hybridized carbons (Fsp3) is 0.267. The highest BCUT2D eigenvalue weighted by molar-refractivity contribution is 5.45. The highest BCUT2D eigenvalue weighted by Crippen LogP contribution is 2.23. The Morgan fingerprint density at radius 3 is 2.67 bits per heavy atom. The van der Waals surface area contributed by atoms with Crippen molar-refractivity contribution in [2.75, 3.05) is 25.6 Å². The van der Waals surface area contributed by atoms with Gasteiger partial charge < -0.3 is 25.0 Å². The summed E-state index contributed by atoms with van der Waals surface area (Å²) >= 11 is 0. The van der Waals surface area contributed by atoms with E-state index >= 15 is 0 Å². The molecule has 0 aliphatic heterocycles. The van der Waals surface area contributed by atoms with Gasteiger partial charge in [0.15, 0.2) is 0 Å². The lowest BCUT2D eigenvalue weighted by atomic mass is 10.2. The van der Waals surface area contributed by atoms with Crippen LogP contribution in [0.2, 0.25) is 0 Å². The van der Waals surface area contributed by atoms with E-state index < -0.39 is 0 Å². The van der Waals surface area contributed by atoms with E-state index in [4.69, 9.17) is 9.47 Å². The SMILES string of the molecule is COCCOc1ccc(NCc2ccc(O)cc2O)cn1. The largest absolute Gasteiger partial charge is 0.508 e. The third-order valence-corrected chi connectivity index (χ3v) is 2.83. The fourth-order valence-corrected chi connectivity index (χ4v) is 1.70. The average Bonchev–Trinajstić information content (AvgIpc) is 2.48. The number of methoxy groups -OCH3 is 1. The molecule has 0 spiro atoms. The van der Waals surface area contributed by atoms with Crippen molar-refractivity contribution in [3.8, 4) is 17.4 Å². The number of pyridine rings is 1. The van der Waals surface area contributed by atoms with Gasteiger partial charge in [-0.3, -0.25) is 0 Å². The molecular formula is C15H18N2O4. The standard InChI is InChI=1S/C15H18N2O4/c1-20-6-7-21-15-5-3-12(10-17-15)16-9-11-2-4-13(18)8-14(11)19/h2-5,8,10,16,18-19H,6-7,9H2,1H3. The molecule has 21 heavy (non-hydrogen) atoms. The van der Waals surface area contributed by atoms with Gasteiger partial charge in [0, 0.05) is 31.4 Å². The quantitative estimate of drug-likeness (QED) is 0.677. The van der Waals surface area contributed by atoms with Gasteiger partial charge in [-0.25, -0.2) is 4.98 Å². The van der Waals surface area contributed by atoms with Crippen molar-refractivity contribution < 1.29 is 19.7 Å². The van der Waals surface area contributed by atoms with Crippen molar-refractivity contribution >= 4 is 5.69 Å².